The molecule has 0 radical (unpaired) electrons. The van der Waals surface area contributed by atoms with Gasteiger partial charge in [0, 0.05) is 47.2 Å². The lowest BCUT2D eigenvalue weighted by atomic mass is 9.45. The third-order valence-electron chi connectivity index (χ3n) is 6.54. The van der Waals surface area contributed by atoms with Crippen LogP contribution in [0.4, 0.5) is 21.5 Å². The van der Waals surface area contributed by atoms with E-state index in [0.717, 1.165) is 31.4 Å². The summed E-state index contributed by atoms with van der Waals surface area (Å²) in [4.78, 5) is 41.6. The number of hydrogen-bond acceptors (Lipinski definition) is 7. The standard InChI is InChI=1S/C29H28BFN4O4.CH4S/c1-2-39-27(36)19-35(29(38)22-3-7-23(31)8-4-22)26-13-9-24(10-14-26)33-28(37)21-5-11-25(12-6-21)34-17-15-30(20-32)16-18-34;1-2/h3-14H,2,15-19H2,1H3,(H,33,37);2H,1H3. The first-order chi connectivity index (χ1) is 19.9. The Bertz CT molecular complexity index is 1360. The summed E-state index contributed by atoms with van der Waals surface area (Å²) in [6, 6.07) is 18.9. The zero-order valence-corrected chi connectivity index (χ0v) is 23.9. The Balaban J connectivity index is 0.00000226. The number of halogens is 1. The van der Waals surface area contributed by atoms with Crippen molar-refractivity contribution in [3.8, 4) is 5.97 Å². The molecular weight excluding hydrogens is 542 g/mol. The van der Waals surface area contributed by atoms with Crippen molar-refractivity contribution < 1.29 is 23.5 Å². The fraction of sp³-hybridized carbons (Fsp3) is 0.267. The molecule has 1 aliphatic rings. The second-order valence-electron chi connectivity index (χ2n) is 9.14. The normalized spacial score (nSPS) is 12.4. The molecule has 11 heteroatoms. The monoisotopic (exact) mass is 574 g/mol. The van der Waals surface area contributed by atoms with E-state index < -0.39 is 17.7 Å². The summed E-state index contributed by atoms with van der Waals surface area (Å²) in [5.74, 6) is 0.497. The number of benzene rings is 3. The van der Waals surface area contributed by atoms with E-state index >= 15 is 0 Å². The summed E-state index contributed by atoms with van der Waals surface area (Å²) >= 11 is 3.53. The van der Waals surface area contributed by atoms with E-state index in [1.54, 1.807) is 49.6 Å². The van der Waals surface area contributed by atoms with E-state index in [2.05, 4.69) is 28.8 Å². The molecule has 1 fully saturated rings. The predicted molar refractivity (Wildman–Crippen MR) is 164 cm³/mol. The van der Waals surface area contributed by atoms with E-state index in [0.29, 0.717) is 16.9 Å². The number of amides is 2. The van der Waals surface area contributed by atoms with Gasteiger partial charge in [0.15, 0.2) is 0 Å². The number of thiol groups is 1. The van der Waals surface area contributed by atoms with Gasteiger partial charge in [-0.2, -0.15) is 12.6 Å². The van der Waals surface area contributed by atoms with E-state index in [4.69, 9.17) is 10.00 Å². The van der Waals surface area contributed by atoms with Crippen molar-refractivity contribution >= 4 is 54.2 Å². The lowest BCUT2D eigenvalue weighted by molar-refractivity contribution is -0.141. The molecule has 0 spiro atoms. The predicted octanol–water partition coefficient (Wildman–Crippen LogP) is 5.21. The van der Waals surface area contributed by atoms with Crippen molar-refractivity contribution in [1.82, 2.24) is 0 Å². The first-order valence-corrected chi connectivity index (χ1v) is 14.1. The molecule has 1 heterocycles. The largest absolute Gasteiger partial charge is 0.465 e. The van der Waals surface area contributed by atoms with Crippen molar-refractivity contribution in [2.75, 3.05) is 47.6 Å². The molecule has 0 unspecified atom stereocenters. The number of hydrogen-bond donors (Lipinski definition) is 2. The first kappa shape index (κ1) is 31.2. The first-order valence-electron chi connectivity index (χ1n) is 13.2. The molecular formula is C30H32BFN4O4S. The van der Waals surface area contributed by atoms with Crippen LogP contribution in [0.5, 0.6) is 0 Å². The molecule has 1 N–H and O–H groups in total. The molecule has 41 heavy (non-hydrogen) atoms. The van der Waals surface area contributed by atoms with E-state index in [9.17, 15) is 18.8 Å². The molecule has 1 saturated heterocycles. The van der Waals surface area contributed by atoms with Gasteiger partial charge in [-0.1, -0.05) is 0 Å². The molecule has 212 valence electrons. The highest BCUT2D eigenvalue weighted by molar-refractivity contribution is 7.79. The maximum absolute atomic E-state index is 13.3. The SMILES string of the molecule is CCOC(=O)CN(C(=O)c1ccc(F)cc1)c1ccc(NC(=O)c2ccc(N3CCB(C#N)CC3)cc2)cc1.CS. The number of carbonyl (C=O) groups excluding carboxylic acids is 3. The van der Waals surface area contributed by atoms with Gasteiger partial charge in [0.05, 0.1) is 6.61 Å². The average Bonchev–Trinajstić information content (AvgIpc) is 3.01. The zero-order chi connectivity index (χ0) is 29.8. The van der Waals surface area contributed by atoms with Crippen LogP contribution in [-0.2, 0) is 9.53 Å². The fourth-order valence-corrected chi connectivity index (χ4v) is 4.38. The molecule has 0 saturated carbocycles. The van der Waals surface area contributed by atoms with Gasteiger partial charge < -0.3 is 15.0 Å². The molecule has 3 aromatic rings. The third kappa shape index (κ3) is 8.59. The van der Waals surface area contributed by atoms with Crippen LogP contribution in [0.25, 0.3) is 0 Å². The molecule has 0 bridgehead atoms. The van der Waals surface area contributed by atoms with Gasteiger partial charge in [-0.3, -0.25) is 19.3 Å². The van der Waals surface area contributed by atoms with Gasteiger partial charge in [0.2, 0.25) is 0 Å². The van der Waals surface area contributed by atoms with Crippen LogP contribution >= 0.6 is 12.6 Å². The Morgan fingerprint density at radius 3 is 2.12 bits per heavy atom. The maximum atomic E-state index is 13.3. The Kier molecular flexibility index (Phi) is 11.8. The minimum atomic E-state index is -0.580. The minimum Gasteiger partial charge on any atom is -0.465 e. The highest BCUT2D eigenvalue weighted by Crippen LogP contribution is 2.23. The second-order valence-corrected chi connectivity index (χ2v) is 9.14. The van der Waals surface area contributed by atoms with Gasteiger partial charge in [0.1, 0.15) is 12.4 Å². The number of carbonyl (C=O) groups is 3. The third-order valence-corrected chi connectivity index (χ3v) is 6.54. The van der Waals surface area contributed by atoms with Crippen LogP contribution in [0.1, 0.15) is 27.6 Å². The molecule has 2 amide bonds. The highest BCUT2D eigenvalue weighted by atomic mass is 32.1. The molecule has 3 aromatic carbocycles. The van der Waals surface area contributed by atoms with Crippen molar-refractivity contribution in [3.63, 3.8) is 0 Å². The molecule has 0 aromatic heterocycles. The van der Waals surface area contributed by atoms with Crippen LogP contribution < -0.4 is 15.1 Å². The summed E-state index contributed by atoms with van der Waals surface area (Å²) in [6.07, 6.45) is 3.36. The molecule has 0 atom stereocenters. The van der Waals surface area contributed by atoms with Gasteiger partial charge in [-0.25, -0.2) is 9.65 Å². The summed E-state index contributed by atoms with van der Waals surface area (Å²) in [5.41, 5.74) is 2.65. The number of ether oxygens (including phenoxy) is 1. The van der Waals surface area contributed by atoms with Gasteiger partial charge >= 0.3 is 5.97 Å². The maximum Gasteiger partial charge on any atom is 0.326 e. The van der Waals surface area contributed by atoms with E-state index in [1.165, 1.54) is 29.2 Å². The topological polar surface area (TPSA) is 103 Å². The Hall–Kier alpha value is -4.30. The number of nitrogens with zero attached hydrogens (tertiary/aromatic N) is 3. The number of anilines is 3. The lowest BCUT2D eigenvalue weighted by Crippen LogP contribution is -2.36. The van der Waals surface area contributed by atoms with Crippen LogP contribution in [0, 0.1) is 17.0 Å². The molecule has 8 nitrogen and oxygen atoms in total. The van der Waals surface area contributed by atoms with Crippen molar-refractivity contribution in [2.24, 2.45) is 0 Å². The van der Waals surface area contributed by atoms with Crippen molar-refractivity contribution in [2.45, 2.75) is 19.6 Å². The van der Waals surface area contributed by atoms with Crippen LogP contribution in [0.15, 0.2) is 72.8 Å². The fourth-order valence-electron chi connectivity index (χ4n) is 4.38. The van der Waals surface area contributed by atoms with Crippen LogP contribution in [-0.4, -0.2) is 57.0 Å². The molecule has 0 aliphatic carbocycles. The average molecular weight is 574 g/mol. The van der Waals surface area contributed by atoms with E-state index in [-0.39, 0.29) is 31.3 Å². The summed E-state index contributed by atoms with van der Waals surface area (Å²) in [6.45, 7) is 3.25. The molecule has 1 aliphatic heterocycles. The van der Waals surface area contributed by atoms with E-state index in [1.807, 2.05) is 12.1 Å². The number of nitriles is 1. The van der Waals surface area contributed by atoms with Crippen molar-refractivity contribution in [3.05, 3.63) is 89.7 Å². The highest BCUT2D eigenvalue weighted by Gasteiger charge is 2.23. The number of esters is 1. The lowest BCUT2D eigenvalue weighted by Gasteiger charge is -2.30. The quantitative estimate of drug-likeness (QED) is 0.218. The summed E-state index contributed by atoms with van der Waals surface area (Å²) < 4.78 is 18.4. The summed E-state index contributed by atoms with van der Waals surface area (Å²) in [7, 11) is 0. The number of rotatable bonds is 8. The zero-order valence-electron chi connectivity index (χ0n) is 23.0. The molecule has 4 rings (SSSR count). The van der Waals surface area contributed by atoms with Crippen LogP contribution in [0.2, 0.25) is 12.6 Å². The van der Waals surface area contributed by atoms with Crippen molar-refractivity contribution in [1.29, 1.82) is 5.26 Å². The van der Waals surface area contributed by atoms with Gasteiger partial charge in [-0.15, -0.1) is 0 Å². The Morgan fingerprint density at radius 2 is 1.56 bits per heavy atom. The number of nitrogens with one attached hydrogen (secondary N) is 1. The van der Waals surface area contributed by atoms with Gasteiger partial charge in [0.25, 0.3) is 18.5 Å². The van der Waals surface area contributed by atoms with Crippen LogP contribution in [0.3, 0.4) is 0 Å². The Labute approximate surface area is 245 Å². The minimum absolute atomic E-state index is 0.107. The summed E-state index contributed by atoms with van der Waals surface area (Å²) in [5, 5.41) is 11.9. The Morgan fingerprint density at radius 1 is 0.976 bits per heavy atom. The van der Waals surface area contributed by atoms with Gasteiger partial charge in [-0.05, 0) is 98.6 Å². The smallest absolute Gasteiger partial charge is 0.326 e. The second kappa shape index (κ2) is 15.5.